The summed E-state index contributed by atoms with van der Waals surface area (Å²) in [6.45, 7) is 1.92. The Bertz CT molecular complexity index is 485. The third-order valence-corrected chi connectivity index (χ3v) is 2.73. The maximum absolute atomic E-state index is 10.2. The zero-order chi connectivity index (χ0) is 11.5. The van der Waals surface area contributed by atoms with Crippen molar-refractivity contribution in [2.24, 2.45) is 0 Å². The van der Waals surface area contributed by atoms with Gasteiger partial charge in [-0.3, -0.25) is 4.98 Å². The van der Waals surface area contributed by atoms with E-state index in [-0.39, 0.29) is 0 Å². The number of pyridine rings is 1. The maximum Gasteiger partial charge on any atom is 0.121 e. The van der Waals surface area contributed by atoms with Gasteiger partial charge in [0.2, 0.25) is 0 Å². The third-order valence-electron chi connectivity index (χ3n) is 2.49. The van der Waals surface area contributed by atoms with Gasteiger partial charge in [-0.25, -0.2) is 0 Å². The van der Waals surface area contributed by atoms with Gasteiger partial charge in [0.05, 0.1) is 5.69 Å². The molecular formula is C13H12ClNO. The summed E-state index contributed by atoms with van der Waals surface area (Å²) in [7, 11) is 0. The Morgan fingerprint density at radius 1 is 1.25 bits per heavy atom. The largest absolute Gasteiger partial charge is 0.382 e. The molecule has 1 aromatic carbocycles. The van der Waals surface area contributed by atoms with E-state index in [2.05, 4.69) is 4.98 Å². The quantitative estimate of drug-likeness (QED) is 0.865. The van der Waals surface area contributed by atoms with E-state index < -0.39 is 6.10 Å². The lowest BCUT2D eigenvalue weighted by Crippen LogP contribution is -2.03. The molecule has 82 valence electrons. The van der Waals surface area contributed by atoms with Crippen LogP contribution in [0.5, 0.6) is 0 Å². The molecule has 0 fully saturated rings. The summed E-state index contributed by atoms with van der Waals surface area (Å²) in [6, 6.07) is 10.9. The molecule has 0 aliphatic rings. The van der Waals surface area contributed by atoms with E-state index in [1.165, 1.54) is 0 Å². The zero-order valence-electron chi connectivity index (χ0n) is 8.89. The van der Waals surface area contributed by atoms with Gasteiger partial charge in [-0.2, -0.15) is 0 Å². The van der Waals surface area contributed by atoms with Crippen molar-refractivity contribution in [3.05, 3.63) is 64.4 Å². The number of aliphatic hydroxyl groups is 1. The van der Waals surface area contributed by atoms with Crippen LogP contribution in [0.2, 0.25) is 5.02 Å². The standard InChI is InChI=1S/C13H12ClNO/c1-9-8-10(14)5-6-11(9)13(16)12-4-2-3-7-15-12/h2-8,13,16H,1H3/t13-/m1/s1. The summed E-state index contributed by atoms with van der Waals surface area (Å²) in [5, 5.41) is 10.8. The minimum absolute atomic E-state index is 0.646. The molecule has 0 aliphatic carbocycles. The average Bonchev–Trinajstić information content (AvgIpc) is 2.29. The predicted octanol–water partition coefficient (Wildman–Crippen LogP) is 3.13. The van der Waals surface area contributed by atoms with Crippen molar-refractivity contribution in [2.45, 2.75) is 13.0 Å². The van der Waals surface area contributed by atoms with Crippen molar-refractivity contribution in [1.29, 1.82) is 0 Å². The lowest BCUT2D eigenvalue weighted by atomic mass is 10.0. The van der Waals surface area contributed by atoms with Crippen LogP contribution >= 0.6 is 11.6 Å². The number of halogens is 1. The van der Waals surface area contributed by atoms with E-state index >= 15 is 0 Å². The van der Waals surface area contributed by atoms with E-state index in [0.717, 1.165) is 11.1 Å². The Morgan fingerprint density at radius 3 is 2.69 bits per heavy atom. The highest BCUT2D eigenvalue weighted by Gasteiger charge is 2.13. The summed E-state index contributed by atoms with van der Waals surface area (Å²) in [6.07, 6.45) is 0.975. The van der Waals surface area contributed by atoms with Gasteiger partial charge in [0, 0.05) is 11.2 Å². The Hall–Kier alpha value is -1.38. The molecule has 1 atom stereocenters. The second-order valence-electron chi connectivity index (χ2n) is 3.66. The molecule has 2 nitrogen and oxygen atoms in total. The van der Waals surface area contributed by atoms with Crippen molar-refractivity contribution in [2.75, 3.05) is 0 Å². The fraction of sp³-hybridized carbons (Fsp3) is 0.154. The topological polar surface area (TPSA) is 33.1 Å². The number of benzene rings is 1. The minimum Gasteiger partial charge on any atom is -0.382 e. The van der Waals surface area contributed by atoms with Crippen LogP contribution in [0.3, 0.4) is 0 Å². The zero-order valence-corrected chi connectivity index (χ0v) is 9.65. The van der Waals surface area contributed by atoms with E-state index in [4.69, 9.17) is 11.6 Å². The average molecular weight is 234 g/mol. The minimum atomic E-state index is -0.696. The molecule has 0 unspecified atom stereocenters. The molecule has 0 spiro atoms. The lowest BCUT2D eigenvalue weighted by molar-refractivity contribution is 0.214. The summed E-state index contributed by atoms with van der Waals surface area (Å²) in [5.74, 6) is 0. The molecule has 3 heteroatoms. The van der Waals surface area contributed by atoms with Gasteiger partial charge in [-0.1, -0.05) is 23.7 Å². The first-order chi connectivity index (χ1) is 7.68. The molecule has 0 bridgehead atoms. The Kier molecular flexibility index (Phi) is 3.22. The highest BCUT2D eigenvalue weighted by atomic mass is 35.5. The number of aryl methyl sites for hydroxylation is 1. The maximum atomic E-state index is 10.2. The Balaban J connectivity index is 2.38. The van der Waals surface area contributed by atoms with Gasteiger partial charge in [-0.15, -0.1) is 0 Å². The summed E-state index contributed by atoms with van der Waals surface area (Å²) in [4.78, 5) is 4.14. The fourth-order valence-electron chi connectivity index (χ4n) is 1.64. The fourth-order valence-corrected chi connectivity index (χ4v) is 1.87. The molecule has 2 rings (SSSR count). The van der Waals surface area contributed by atoms with Gasteiger partial charge in [0.15, 0.2) is 0 Å². The van der Waals surface area contributed by atoms with Crippen molar-refractivity contribution in [3.8, 4) is 0 Å². The molecular weight excluding hydrogens is 222 g/mol. The van der Waals surface area contributed by atoms with Crippen LogP contribution in [0, 0.1) is 6.92 Å². The predicted molar refractivity (Wildman–Crippen MR) is 64.5 cm³/mol. The number of nitrogens with zero attached hydrogens (tertiary/aromatic N) is 1. The SMILES string of the molecule is Cc1cc(Cl)ccc1[C@@H](O)c1ccccn1. The van der Waals surface area contributed by atoms with Crippen LogP contribution in [0.25, 0.3) is 0 Å². The molecule has 0 aliphatic heterocycles. The van der Waals surface area contributed by atoms with Crippen LogP contribution in [0.4, 0.5) is 0 Å². The highest BCUT2D eigenvalue weighted by molar-refractivity contribution is 6.30. The van der Waals surface area contributed by atoms with Crippen molar-refractivity contribution >= 4 is 11.6 Å². The number of hydrogen-bond donors (Lipinski definition) is 1. The second kappa shape index (κ2) is 4.64. The van der Waals surface area contributed by atoms with Crippen LogP contribution in [-0.4, -0.2) is 10.1 Å². The molecule has 0 saturated carbocycles. The highest BCUT2D eigenvalue weighted by Crippen LogP contribution is 2.25. The third kappa shape index (κ3) is 2.23. The molecule has 16 heavy (non-hydrogen) atoms. The summed E-state index contributed by atoms with van der Waals surface area (Å²) >= 11 is 5.87. The molecule has 0 radical (unpaired) electrons. The first-order valence-corrected chi connectivity index (χ1v) is 5.41. The molecule has 0 amide bonds. The van der Waals surface area contributed by atoms with E-state index in [1.807, 2.05) is 31.2 Å². The normalized spacial score (nSPS) is 12.4. The van der Waals surface area contributed by atoms with Crippen LogP contribution in [-0.2, 0) is 0 Å². The van der Waals surface area contributed by atoms with Crippen molar-refractivity contribution in [1.82, 2.24) is 4.98 Å². The molecule has 1 aromatic heterocycles. The van der Waals surface area contributed by atoms with Gasteiger partial charge < -0.3 is 5.11 Å². The Morgan fingerprint density at radius 2 is 2.06 bits per heavy atom. The first kappa shape index (κ1) is 11.1. The smallest absolute Gasteiger partial charge is 0.121 e. The number of aromatic nitrogens is 1. The molecule has 1 heterocycles. The summed E-state index contributed by atoms with van der Waals surface area (Å²) in [5.41, 5.74) is 2.45. The van der Waals surface area contributed by atoms with Gasteiger partial charge in [-0.05, 0) is 42.3 Å². The molecule has 0 saturated heterocycles. The van der Waals surface area contributed by atoms with Gasteiger partial charge in [0.25, 0.3) is 0 Å². The van der Waals surface area contributed by atoms with Crippen LogP contribution < -0.4 is 0 Å². The van der Waals surface area contributed by atoms with Crippen LogP contribution in [0.15, 0.2) is 42.6 Å². The first-order valence-electron chi connectivity index (χ1n) is 5.03. The van der Waals surface area contributed by atoms with Crippen LogP contribution in [0.1, 0.15) is 22.9 Å². The summed E-state index contributed by atoms with van der Waals surface area (Å²) < 4.78 is 0. The van der Waals surface area contributed by atoms with Gasteiger partial charge in [0.1, 0.15) is 6.10 Å². The number of rotatable bonds is 2. The van der Waals surface area contributed by atoms with Crippen molar-refractivity contribution in [3.63, 3.8) is 0 Å². The van der Waals surface area contributed by atoms with E-state index in [0.29, 0.717) is 10.7 Å². The lowest BCUT2D eigenvalue weighted by Gasteiger charge is -2.13. The second-order valence-corrected chi connectivity index (χ2v) is 4.09. The Labute approximate surface area is 99.5 Å². The molecule has 2 aromatic rings. The van der Waals surface area contributed by atoms with Gasteiger partial charge >= 0.3 is 0 Å². The monoisotopic (exact) mass is 233 g/mol. The van der Waals surface area contributed by atoms with E-state index in [1.54, 1.807) is 18.3 Å². The molecule has 1 N–H and O–H groups in total. The van der Waals surface area contributed by atoms with Crippen molar-refractivity contribution < 1.29 is 5.11 Å². The number of aliphatic hydroxyl groups excluding tert-OH is 1. The van der Waals surface area contributed by atoms with E-state index in [9.17, 15) is 5.11 Å². The number of hydrogen-bond acceptors (Lipinski definition) is 2.